The number of hydrogen-bond donors (Lipinski definition) is 1. The second-order valence-corrected chi connectivity index (χ2v) is 6.40. The molecule has 3 aromatic rings. The summed E-state index contributed by atoms with van der Waals surface area (Å²) >= 11 is 3.44. The van der Waals surface area contributed by atoms with E-state index in [9.17, 15) is 4.79 Å². The predicted molar refractivity (Wildman–Crippen MR) is 95.1 cm³/mol. The van der Waals surface area contributed by atoms with Gasteiger partial charge < -0.3 is 5.32 Å². The Morgan fingerprint density at radius 2 is 2.04 bits per heavy atom. The van der Waals surface area contributed by atoms with Gasteiger partial charge in [0.2, 0.25) is 5.91 Å². The van der Waals surface area contributed by atoms with Gasteiger partial charge >= 0.3 is 0 Å². The highest BCUT2D eigenvalue weighted by atomic mass is 79.9. The first kappa shape index (κ1) is 16.3. The Hall–Kier alpha value is -2.54. The van der Waals surface area contributed by atoms with E-state index in [1.807, 2.05) is 56.3 Å². The molecule has 1 amide bonds. The van der Waals surface area contributed by atoms with Crippen molar-refractivity contribution in [2.45, 2.75) is 20.3 Å². The average Bonchev–Trinajstić information content (AvgIpc) is 2.97. The van der Waals surface area contributed by atoms with Gasteiger partial charge in [-0.2, -0.15) is 4.68 Å². The lowest BCUT2D eigenvalue weighted by Crippen LogP contribution is -2.15. The number of halogens is 1. The minimum absolute atomic E-state index is 0.0678. The van der Waals surface area contributed by atoms with Gasteiger partial charge in [0.1, 0.15) is 0 Å². The monoisotopic (exact) mass is 385 g/mol. The van der Waals surface area contributed by atoms with E-state index >= 15 is 0 Å². The molecule has 0 aliphatic carbocycles. The van der Waals surface area contributed by atoms with Crippen LogP contribution in [0.2, 0.25) is 0 Å². The van der Waals surface area contributed by atoms with Gasteiger partial charge in [-0.05, 0) is 65.7 Å². The van der Waals surface area contributed by atoms with E-state index < -0.39 is 0 Å². The van der Waals surface area contributed by atoms with E-state index in [1.54, 1.807) is 4.68 Å². The molecule has 1 heterocycles. The number of aromatic nitrogens is 4. The van der Waals surface area contributed by atoms with Crippen molar-refractivity contribution in [3.8, 4) is 5.69 Å². The quantitative estimate of drug-likeness (QED) is 0.747. The lowest BCUT2D eigenvalue weighted by atomic mass is 10.1. The van der Waals surface area contributed by atoms with E-state index in [2.05, 4.69) is 36.8 Å². The summed E-state index contributed by atoms with van der Waals surface area (Å²) in [5.41, 5.74) is 3.59. The Morgan fingerprint density at radius 1 is 1.21 bits per heavy atom. The molecule has 2 aromatic carbocycles. The first-order chi connectivity index (χ1) is 11.5. The van der Waals surface area contributed by atoms with Crippen LogP contribution in [-0.4, -0.2) is 26.1 Å². The third-order valence-electron chi connectivity index (χ3n) is 3.66. The largest absolute Gasteiger partial charge is 0.326 e. The molecule has 6 nitrogen and oxygen atoms in total. The maximum Gasteiger partial charge on any atom is 0.228 e. The SMILES string of the molecule is Cc1ccc(Br)cc1CC(=O)Nc1cccc(-n2nnnc2C)c1. The standard InChI is InChI=1S/C17H16BrN5O/c1-11-6-7-14(18)8-13(11)9-17(24)19-15-4-3-5-16(10-15)23-12(2)20-21-22-23/h3-8,10H,9H2,1-2H3,(H,19,24). The molecule has 122 valence electrons. The number of rotatable bonds is 4. The Labute approximate surface area is 148 Å². The van der Waals surface area contributed by atoms with Gasteiger partial charge in [0, 0.05) is 10.2 Å². The predicted octanol–water partition coefficient (Wildman–Crippen LogP) is 3.22. The van der Waals surface area contributed by atoms with Crippen LogP contribution >= 0.6 is 15.9 Å². The zero-order valence-corrected chi connectivity index (χ0v) is 14.9. The fourth-order valence-electron chi connectivity index (χ4n) is 2.39. The number of tetrazole rings is 1. The van der Waals surface area contributed by atoms with Gasteiger partial charge in [-0.25, -0.2) is 0 Å². The second-order valence-electron chi connectivity index (χ2n) is 5.48. The molecule has 1 aromatic heterocycles. The Kier molecular flexibility index (Phi) is 4.71. The van der Waals surface area contributed by atoms with Gasteiger partial charge in [-0.15, -0.1) is 5.10 Å². The van der Waals surface area contributed by atoms with Crippen molar-refractivity contribution in [2.24, 2.45) is 0 Å². The van der Waals surface area contributed by atoms with Crippen LogP contribution in [0.5, 0.6) is 0 Å². The van der Waals surface area contributed by atoms with E-state index in [0.29, 0.717) is 17.9 Å². The number of benzene rings is 2. The van der Waals surface area contributed by atoms with Crippen LogP contribution in [-0.2, 0) is 11.2 Å². The number of hydrogen-bond acceptors (Lipinski definition) is 4. The molecule has 0 bridgehead atoms. The molecular formula is C17H16BrN5O. The van der Waals surface area contributed by atoms with Crippen LogP contribution < -0.4 is 5.32 Å². The molecule has 3 rings (SSSR count). The number of nitrogens with one attached hydrogen (secondary N) is 1. The molecule has 0 saturated heterocycles. The van der Waals surface area contributed by atoms with Crippen molar-refractivity contribution in [1.82, 2.24) is 20.2 Å². The topological polar surface area (TPSA) is 72.7 Å². The Bertz CT molecular complexity index is 890. The first-order valence-corrected chi connectivity index (χ1v) is 8.22. The molecule has 7 heteroatoms. The summed E-state index contributed by atoms with van der Waals surface area (Å²) in [6.07, 6.45) is 0.319. The van der Waals surface area contributed by atoms with Crippen molar-refractivity contribution in [3.63, 3.8) is 0 Å². The third kappa shape index (κ3) is 3.68. The highest BCUT2D eigenvalue weighted by molar-refractivity contribution is 9.10. The first-order valence-electron chi connectivity index (χ1n) is 7.43. The van der Waals surface area contributed by atoms with Crippen LogP contribution in [0.25, 0.3) is 5.69 Å². The zero-order chi connectivity index (χ0) is 17.1. The molecule has 0 atom stereocenters. The van der Waals surface area contributed by atoms with Crippen molar-refractivity contribution in [1.29, 1.82) is 0 Å². The smallest absolute Gasteiger partial charge is 0.228 e. The molecule has 1 N–H and O–H groups in total. The number of anilines is 1. The number of aryl methyl sites for hydroxylation is 2. The molecule has 0 radical (unpaired) electrons. The molecule has 24 heavy (non-hydrogen) atoms. The van der Waals surface area contributed by atoms with Crippen LogP contribution in [0.15, 0.2) is 46.9 Å². The van der Waals surface area contributed by atoms with Crippen LogP contribution in [0.1, 0.15) is 17.0 Å². The van der Waals surface area contributed by atoms with Gasteiger partial charge in [0.05, 0.1) is 12.1 Å². The normalized spacial score (nSPS) is 10.6. The second kappa shape index (κ2) is 6.92. The fraction of sp³-hybridized carbons (Fsp3) is 0.176. The zero-order valence-electron chi connectivity index (χ0n) is 13.3. The summed E-state index contributed by atoms with van der Waals surface area (Å²) in [4.78, 5) is 12.3. The van der Waals surface area contributed by atoms with Gasteiger partial charge in [0.25, 0.3) is 0 Å². The Balaban J connectivity index is 1.75. The molecule has 0 unspecified atom stereocenters. The molecule has 0 spiro atoms. The summed E-state index contributed by atoms with van der Waals surface area (Å²) < 4.78 is 2.58. The summed E-state index contributed by atoms with van der Waals surface area (Å²) in [6.45, 7) is 3.82. The van der Waals surface area contributed by atoms with Crippen molar-refractivity contribution >= 4 is 27.5 Å². The van der Waals surface area contributed by atoms with Crippen molar-refractivity contribution in [3.05, 3.63) is 63.9 Å². The maximum atomic E-state index is 12.3. The van der Waals surface area contributed by atoms with Crippen molar-refractivity contribution < 1.29 is 4.79 Å². The van der Waals surface area contributed by atoms with Gasteiger partial charge in [-0.1, -0.05) is 28.1 Å². The van der Waals surface area contributed by atoms with Gasteiger partial charge in [0.15, 0.2) is 5.82 Å². The summed E-state index contributed by atoms with van der Waals surface area (Å²) in [5.74, 6) is 0.616. The van der Waals surface area contributed by atoms with E-state index in [0.717, 1.165) is 21.3 Å². The van der Waals surface area contributed by atoms with E-state index in [1.165, 1.54) is 0 Å². The highest BCUT2D eigenvalue weighted by Gasteiger charge is 2.09. The number of amides is 1. The summed E-state index contributed by atoms with van der Waals surface area (Å²) in [7, 11) is 0. The molecule has 0 fully saturated rings. The van der Waals surface area contributed by atoms with Gasteiger partial charge in [-0.3, -0.25) is 4.79 Å². The maximum absolute atomic E-state index is 12.3. The third-order valence-corrected chi connectivity index (χ3v) is 4.16. The lowest BCUT2D eigenvalue weighted by molar-refractivity contribution is -0.115. The Morgan fingerprint density at radius 3 is 2.79 bits per heavy atom. The highest BCUT2D eigenvalue weighted by Crippen LogP contribution is 2.18. The minimum Gasteiger partial charge on any atom is -0.326 e. The molecular weight excluding hydrogens is 370 g/mol. The number of carbonyl (C=O) groups excluding carboxylic acids is 1. The fourth-order valence-corrected chi connectivity index (χ4v) is 2.80. The number of nitrogens with zero attached hydrogens (tertiary/aromatic N) is 4. The van der Waals surface area contributed by atoms with Crippen LogP contribution in [0.3, 0.4) is 0 Å². The van der Waals surface area contributed by atoms with Crippen molar-refractivity contribution in [2.75, 3.05) is 5.32 Å². The summed E-state index contributed by atoms with van der Waals surface area (Å²) in [5, 5.41) is 14.4. The van der Waals surface area contributed by atoms with Crippen LogP contribution in [0.4, 0.5) is 5.69 Å². The number of carbonyl (C=O) groups is 1. The summed E-state index contributed by atoms with van der Waals surface area (Å²) in [6, 6.07) is 13.4. The minimum atomic E-state index is -0.0678. The molecule has 0 aliphatic rings. The molecule has 0 aliphatic heterocycles. The molecule has 0 saturated carbocycles. The van der Waals surface area contributed by atoms with Crippen LogP contribution in [0, 0.1) is 13.8 Å². The van der Waals surface area contributed by atoms with E-state index in [-0.39, 0.29) is 5.91 Å². The van der Waals surface area contributed by atoms with E-state index in [4.69, 9.17) is 0 Å². The lowest BCUT2D eigenvalue weighted by Gasteiger charge is -2.09. The average molecular weight is 386 g/mol.